The standard InChI is InChI=1S/C18H32N2O2/c21-19-17-11-9-7-5-3-1-2-4-6-8-10-12-18(17)20-13-15-22-16-14-20/h12,21H,1-11,13-16H2. The first kappa shape index (κ1) is 17.3. The summed E-state index contributed by atoms with van der Waals surface area (Å²) < 4.78 is 5.46. The van der Waals surface area contributed by atoms with Crippen LogP contribution in [-0.4, -0.2) is 42.1 Å². The second-order valence-corrected chi connectivity index (χ2v) is 6.46. The summed E-state index contributed by atoms with van der Waals surface area (Å²) in [6.07, 6.45) is 16.0. The number of morpholine rings is 1. The van der Waals surface area contributed by atoms with E-state index in [1.807, 2.05) is 0 Å². The molecule has 1 heterocycles. The number of oxime groups is 1. The molecule has 0 aromatic rings. The van der Waals surface area contributed by atoms with Crippen molar-refractivity contribution in [3.63, 3.8) is 0 Å². The van der Waals surface area contributed by atoms with E-state index in [9.17, 15) is 5.21 Å². The van der Waals surface area contributed by atoms with Crippen molar-refractivity contribution in [1.82, 2.24) is 4.90 Å². The monoisotopic (exact) mass is 308 g/mol. The van der Waals surface area contributed by atoms with Crippen LogP contribution in [0.2, 0.25) is 0 Å². The Morgan fingerprint density at radius 2 is 1.45 bits per heavy atom. The number of nitrogens with zero attached hydrogens (tertiary/aromatic N) is 2. The topological polar surface area (TPSA) is 45.1 Å². The highest BCUT2D eigenvalue weighted by atomic mass is 16.5. The Labute approximate surface area is 135 Å². The lowest BCUT2D eigenvalue weighted by Gasteiger charge is -2.31. The fraction of sp³-hybridized carbons (Fsp3) is 0.833. The quantitative estimate of drug-likeness (QED) is 0.579. The van der Waals surface area contributed by atoms with Gasteiger partial charge in [-0.05, 0) is 25.7 Å². The highest BCUT2D eigenvalue weighted by molar-refractivity contribution is 5.99. The van der Waals surface area contributed by atoms with E-state index in [0.29, 0.717) is 0 Å². The van der Waals surface area contributed by atoms with E-state index < -0.39 is 0 Å². The Bertz CT molecular complexity index is 360. The summed E-state index contributed by atoms with van der Waals surface area (Å²) in [5, 5.41) is 13.1. The average Bonchev–Trinajstić information content (AvgIpc) is 2.57. The molecule has 0 atom stereocenters. The van der Waals surface area contributed by atoms with Crippen LogP contribution >= 0.6 is 0 Å². The zero-order valence-electron chi connectivity index (χ0n) is 13.9. The summed E-state index contributed by atoms with van der Waals surface area (Å²) in [5.74, 6) is 0. The van der Waals surface area contributed by atoms with Crippen LogP contribution in [0.4, 0.5) is 0 Å². The fourth-order valence-corrected chi connectivity index (χ4v) is 3.38. The van der Waals surface area contributed by atoms with E-state index in [1.165, 1.54) is 51.4 Å². The van der Waals surface area contributed by atoms with E-state index in [2.05, 4.69) is 16.1 Å². The van der Waals surface area contributed by atoms with Gasteiger partial charge in [0.1, 0.15) is 5.71 Å². The van der Waals surface area contributed by atoms with Gasteiger partial charge < -0.3 is 14.8 Å². The molecule has 2 rings (SSSR count). The van der Waals surface area contributed by atoms with Crippen molar-refractivity contribution in [2.24, 2.45) is 5.16 Å². The van der Waals surface area contributed by atoms with Gasteiger partial charge in [0.2, 0.25) is 0 Å². The maximum Gasteiger partial charge on any atom is 0.102 e. The molecule has 1 fully saturated rings. The summed E-state index contributed by atoms with van der Waals surface area (Å²) in [5.41, 5.74) is 2.03. The van der Waals surface area contributed by atoms with Crippen molar-refractivity contribution in [1.29, 1.82) is 0 Å². The molecule has 2 aliphatic rings. The summed E-state index contributed by atoms with van der Waals surface area (Å²) in [6, 6.07) is 0. The van der Waals surface area contributed by atoms with Crippen LogP contribution < -0.4 is 0 Å². The van der Waals surface area contributed by atoms with Crippen molar-refractivity contribution in [2.45, 2.75) is 70.6 Å². The van der Waals surface area contributed by atoms with Gasteiger partial charge in [0.15, 0.2) is 0 Å². The highest BCUT2D eigenvalue weighted by Crippen LogP contribution is 2.19. The summed E-state index contributed by atoms with van der Waals surface area (Å²) in [7, 11) is 0. The molecule has 22 heavy (non-hydrogen) atoms. The third kappa shape index (κ3) is 5.99. The first-order chi connectivity index (χ1) is 10.9. The van der Waals surface area contributed by atoms with Gasteiger partial charge in [-0.3, -0.25) is 0 Å². The molecule has 0 radical (unpaired) electrons. The predicted octanol–water partition coefficient (Wildman–Crippen LogP) is 4.34. The first-order valence-electron chi connectivity index (χ1n) is 9.16. The van der Waals surface area contributed by atoms with Gasteiger partial charge in [-0.15, -0.1) is 0 Å². The number of hydrogen-bond donors (Lipinski definition) is 1. The Hall–Kier alpha value is -1.03. The van der Waals surface area contributed by atoms with Crippen molar-refractivity contribution in [3.8, 4) is 0 Å². The van der Waals surface area contributed by atoms with E-state index in [4.69, 9.17) is 4.74 Å². The SMILES string of the molecule is ON=C1CCCCCCCCCCCC=C1N1CCOCC1. The van der Waals surface area contributed by atoms with Crippen LogP contribution in [0.3, 0.4) is 0 Å². The maximum absolute atomic E-state index is 9.49. The molecule has 4 heteroatoms. The highest BCUT2D eigenvalue weighted by Gasteiger charge is 2.18. The summed E-state index contributed by atoms with van der Waals surface area (Å²) in [4.78, 5) is 2.34. The molecular formula is C18H32N2O2. The molecule has 0 aromatic carbocycles. The van der Waals surface area contributed by atoms with Crippen LogP contribution in [0.15, 0.2) is 16.9 Å². The molecule has 1 saturated heterocycles. The molecule has 0 spiro atoms. The largest absolute Gasteiger partial charge is 0.411 e. The Morgan fingerprint density at radius 3 is 2.09 bits per heavy atom. The normalized spacial score (nSPS) is 25.5. The molecule has 0 bridgehead atoms. The fourth-order valence-electron chi connectivity index (χ4n) is 3.38. The van der Waals surface area contributed by atoms with Crippen molar-refractivity contribution < 1.29 is 9.94 Å². The van der Waals surface area contributed by atoms with E-state index in [1.54, 1.807) is 0 Å². The molecule has 0 unspecified atom stereocenters. The minimum absolute atomic E-state index is 0.774. The predicted molar refractivity (Wildman–Crippen MR) is 90.5 cm³/mol. The molecular weight excluding hydrogens is 276 g/mol. The Kier molecular flexibility index (Phi) is 8.39. The first-order valence-corrected chi connectivity index (χ1v) is 9.16. The molecule has 1 aliphatic heterocycles. The van der Waals surface area contributed by atoms with Crippen LogP contribution in [-0.2, 0) is 4.74 Å². The minimum Gasteiger partial charge on any atom is -0.411 e. The van der Waals surface area contributed by atoms with Gasteiger partial charge in [-0.1, -0.05) is 56.2 Å². The van der Waals surface area contributed by atoms with E-state index in [-0.39, 0.29) is 0 Å². The Morgan fingerprint density at radius 1 is 0.864 bits per heavy atom. The molecule has 1 N–H and O–H groups in total. The molecule has 0 amide bonds. The van der Waals surface area contributed by atoms with Gasteiger partial charge in [-0.2, -0.15) is 0 Å². The average molecular weight is 308 g/mol. The zero-order chi connectivity index (χ0) is 15.5. The van der Waals surface area contributed by atoms with Crippen LogP contribution in [0.25, 0.3) is 0 Å². The molecule has 126 valence electrons. The second kappa shape index (κ2) is 10.7. The van der Waals surface area contributed by atoms with Gasteiger partial charge in [0.05, 0.1) is 18.9 Å². The zero-order valence-corrected chi connectivity index (χ0v) is 13.9. The van der Waals surface area contributed by atoms with Crippen LogP contribution in [0, 0.1) is 0 Å². The lowest BCUT2D eigenvalue weighted by Crippen LogP contribution is -2.38. The summed E-state index contributed by atoms with van der Waals surface area (Å²) >= 11 is 0. The number of rotatable bonds is 1. The summed E-state index contributed by atoms with van der Waals surface area (Å²) in [6.45, 7) is 3.36. The second-order valence-electron chi connectivity index (χ2n) is 6.46. The van der Waals surface area contributed by atoms with Gasteiger partial charge in [-0.25, -0.2) is 0 Å². The van der Waals surface area contributed by atoms with E-state index >= 15 is 0 Å². The smallest absolute Gasteiger partial charge is 0.102 e. The molecule has 0 saturated carbocycles. The molecule has 1 aliphatic carbocycles. The lowest BCUT2D eigenvalue weighted by molar-refractivity contribution is 0.0560. The minimum atomic E-state index is 0.774. The van der Waals surface area contributed by atoms with Crippen LogP contribution in [0.1, 0.15) is 70.6 Å². The maximum atomic E-state index is 9.49. The third-order valence-corrected chi connectivity index (χ3v) is 4.72. The number of allylic oxidation sites excluding steroid dienone is 2. The van der Waals surface area contributed by atoms with Gasteiger partial charge in [0.25, 0.3) is 0 Å². The number of hydrogen-bond acceptors (Lipinski definition) is 4. The van der Waals surface area contributed by atoms with Crippen molar-refractivity contribution in [3.05, 3.63) is 11.8 Å². The van der Waals surface area contributed by atoms with Crippen molar-refractivity contribution >= 4 is 5.71 Å². The molecule has 4 nitrogen and oxygen atoms in total. The molecule has 0 aromatic heterocycles. The third-order valence-electron chi connectivity index (χ3n) is 4.72. The lowest BCUT2D eigenvalue weighted by atomic mass is 10.0. The van der Waals surface area contributed by atoms with Gasteiger partial charge >= 0.3 is 0 Å². The van der Waals surface area contributed by atoms with Crippen molar-refractivity contribution in [2.75, 3.05) is 26.3 Å². The number of ether oxygens (including phenoxy) is 1. The van der Waals surface area contributed by atoms with Gasteiger partial charge in [0, 0.05) is 13.1 Å². The Balaban J connectivity index is 2.01. The van der Waals surface area contributed by atoms with E-state index in [0.717, 1.165) is 57.0 Å². The van der Waals surface area contributed by atoms with Crippen LogP contribution in [0.5, 0.6) is 0 Å².